The Balaban J connectivity index is 2.71. The Morgan fingerprint density at radius 1 is 1.28 bits per heavy atom. The molecule has 100 valence electrons. The average molecular weight is 259 g/mol. The fourth-order valence-electron chi connectivity index (χ4n) is 1.64. The minimum absolute atomic E-state index is 0.0424. The van der Waals surface area contributed by atoms with Crippen LogP contribution in [0.5, 0.6) is 0 Å². The number of carbonyl (C=O) groups excluding carboxylic acids is 1. The summed E-state index contributed by atoms with van der Waals surface area (Å²) in [6, 6.07) is 4.78. The van der Waals surface area contributed by atoms with Gasteiger partial charge in [-0.3, -0.25) is 4.79 Å². The predicted molar refractivity (Wildman–Crippen MR) is 64.4 cm³/mol. The van der Waals surface area contributed by atoms with Crippen molar-refractivity contribution in [3.8, 4) is 0 Å². The van der Waals surface area contributed by atoms with Crippen LogP contribution in [-0.4, -0.2) is 11.8 Å². The summed E-state index contributed by atoms with van der Waals surface area (Å²) in [6.07, 6.45) is -3.21. The number of benzene rings is 1. The molecule has 0 radical (unpaired) electrons. The number of hydrogen-bond acceptors (Lipinski definition) is 2. The lowest BCUT2D eigenvalue weighted by Gasteiger charge is -2.17. The van der Waals surface area contributed by atoms with Crippen LogP contribution in [0.3, 0.4) is 0 Å². The van der Waals surface area contributed by atoms with Crippen molar-refractivity contribution in [3.63, 3.8) is 0 Å². The number of Topliss-reactive ketones (excluding diaryl/α,β-unsaturated/α-hetero) is 1. The number of halogens is 3. The van der Waals surface area contributed by atoms with Gasteiger partial charge in [-0.25, -0.2) is 0 Å². The molecule has 0 heterocycles. The fourth-order valence-corrected chi connectivity index (χ4v) is 1.64. The van der Waals surface area contributed by atoms with Gasteiger partial charge in [-0.05, 0) is 37.6 Å². The summed E-state index contributed by atoms with van der Waals surface area (Å²) >= 11 is 0. The van der Waals surface area contributed by atoms with Crippen LogP contribution in [-0.2, 0) is 11.0 Å². The van der Waals surface area contributed by atoms with E-state index in [1.54, 1.807) is 0 Å². The van der Waals surface area contributed by atoms with Crippen LogP contribution in [0, 0.1) is 0 Å². The number of rotatable bonds is 5. The molecule has 0 aliphatic rings. The Morgan fingerprint density at radius 2 is 1.83 bits per heavy atom. The standard InChI is InChI=1S/C13H16F3NO/c1-3-11(8-9(2)18)17-12-6-4-10(5-7-12)13(14,15)16/h4-7,11,17H,3,8H2,1-2H3/t11-/m1/s1. The molecule has 18 heavy (non-hydrogen) atoms. The van der Waals surface area contributed by atoms with Crippen molar-refractivity contribution >= 4 is 11.5 Å². The Bertz CT molecular complexity index is 398. The van der Waals surface area contributed by atoms with Gasteiger partial charge >= 0.3 is 6.18 Å². The van der Waals surface area contributed by atoms with E-state index in [-0.39, 0.29) is 11.8 Å². The molecule has 0 bridgehead atoms. The van der Waals surface area contributed by atoms with Gasteiger partial charge < -0.3 is 5.32 Å². The molecule has 0 aliphatic heterocycles. The van der Waals surface area contributed by atoms with Gasteiger partial charge in [0.1, 0.15) is 5.78 Å². The summed E-state index contributed by atoms with van der Waals surface area (Å²) in [4.78, 5) is 11.0. The van der Waals surface area contributed by atoms with Crippen molar-refractivity contribution in [2.75, 3.05) is 5.32 Å². The molecule has 0 aliphatic carbocycles. The third-order valence-corrected chi connectivity index (χ3v) is 2.61. The Kier molecular flexibility index (Phi) is 4.76. The molecule has 1 N–H and O–H groups in total. The zero-order chi connectivity index (χ0) is 13.8. The minimum Gasteiger partial charge on any atom is -0.382 e. The Morgan fingerprint density at radius 3 is 2.22 bits per heavy atom. The smallest absolute Gasteiger partial charge is 0.382 e. The first-order chi connectivity index (χ1) is 8.32. The van der Waals surface area contributed by atoms with E-state index in [9.17, 15) is 18.0 Å². The molecule has 0 aromatic heterocycles. The average Bonchev–Trinajstić information content (AvgIpc) is 2.27. The number of alkyl halides is 3. The van der Waals surface area contributed by atoms with Crippen LogP contribution in [0.1, 0.15) is 32.3 Å². The summed E-state index contributed by atoms with van der Waals surface area (Å²) < 4.78 is 37.1. The largest absolute Gasteiger partial charge is 0.416 e. The highest BCUT2D eigenvalue weighted by Crippen LogP contribution is 2.30. The Hall–Kier alpha value is -1.52. The van der Waals surface area contributed by atoms with Gasteiger partial charge in [0.15, 0.2) is 0 Å². The molecule has 0 unspecified atom stereocenters. The second-order valence-corrected chi connectivity index (χ2v) is 4.23. The van der Waals surface area contributed by atoms with Crippen LogP contribution in [0.15, 0.2) is 24.3 Å². The van der Waals surface area contributed by atoms with Crippen molar-refractivity contribution < 1.29 is 18.0 Å². The first-order valence-electron chi connectivity index (χ1n) is 5.76. The number of ketones is 1. The normalized spacial score (nSPS) is 13.2. The monoisotopic (exact) mass is 259 g/mol. The highest BCUT2D eigenvalue weighted by atomic mass is 19.4. The van der Waals surface area contributed by atoms with Gasteiger partial charge in [0.25, 0.3) is 0 Å². The summed E-state index contributed by atoms with van der Waals surface area (Å²) in [5, 5.41) is 3.05. The number of nitrogens with one attached hydrogen (secondary N) is 1. The number of carbonyl (C=O) groups is 1. The van der Waals surface area contributed by atoms with Gasteiger partial charge in [0, 0.05) is 18.2 Å². The van der Waals surface area contributed by atoms with Gasteiger partial charge in [-0.1, -0.05) is 6.92 Å². The van der Waals surface area contributed by atoms with E-state index < -0.39 is 11.7 Å². The van der Waals surface area contributed by atoms with Crippen molar-refractivity contribution in [1.29, 1.82) is 0 Å². The van der Waals surface area contributed by atoms with E-state index in [1.165, 1.54) is 19.1 Å². The molecular weight excluding hydrogens is 243 g/mol. The summed E-state index contributed by atoms with van der Waals surface area (Å²) in [7, 11) is 0. The molecule has 0 fully saturated rings. The third-order valence-electron chi connectivity index (χ3n) is 2.61. The van der Waals surface area contributed by atoms with Crippen molar-refractivity contribution in [1.82, 2.24) is 0 Å². The zero-order valence-corrected chi connectivity index (χ0v) is 10.3. The molecule has 5 heteroatoms. The minimum atomic E-state index is -4.32. The summed E-state index contributed by atoms with van der Waals surface area (Å²) in [6.45, 7) is 3.42. The molecule has 1 rings (SSSR count). The predicted octanol–water partition coefficient (Wildman–Crippen LogP) is 3.88. The third kappa shape index (κ3) is 4.39. The van der Waals surface area contributed by atoms with Gasteiger partial charge in [-0.2, -0.15) is 13.2 Å². The first kappa shape index (κ1) is 14.5. The van der Waals surface area contributed by atoms with Gasteiger partial charge in [0.05, 0.1) is 5.56 Å². The van der Waals surface area contributed by atoms with Crippen LogP contribution >= 0.6 is 0 Å². The van der Waals surface area contributed by atoms with E-state index in [2.05, 4.69) is 5.32 Å². The second-order valence-electron chi connectivity index (χ2n) is 4.23. The quantitative estimate of drug-likeness (QED) is 0.869. The molecule has 0 saturated heterocycles. The summed E-state index contributed by atoms with van der Waals surface area (Å²) in [5.74, 6) is 0.0567. The lowest BCUT2D eigenvalue weighted by molar-refractivity contribution is -0.137. The number of hydrogen-bond donors (Lipinski definition) is 1. The molecule has 1 aromatic carbocycles. The Labute approximate surface area is 104 Å². The van der Waals surface area contributed by atoms with E-state index >= 15 is 0 Å². The molecule has 0 amide bonds. The van der Waals surface area contributed by atoms with Crippen LogP contribution in [0.4, 0.5) is 18.9 Å². The molecule has 1 atom stereocenters. The first-order valence-corrected chi connectivity index (χ1v) is 5.76. The molecule has 1 aromatic rings. The maximum absolute atomic E-state index is 12.4. The van der Waals surface area contributed by atoms with E-state index in [0.717, 1.165) is 18.6 Å². The van der Waals surface area contributed by atoms with E-state index in [4.69, 9.17) is 0 Å². The molecule has 0 spiro atoms. The highest BCUT2D eigenvalue weighted by Gasteiger charge is 2.29. The van der Waals surface area contributed by atoms with Gasteiger partial charge in [0.2, 0.25) is 0 Å². The summed E-state index contributed by atoms with van der Waals surface area (Å²) in [5.41, 5.74) is -0.0798. The lowest BCUT2D eigenvalue weighted by Crippen LogP contribution is -2.21. The van der Waals surface area contributed by atoms with E-state index in [1.807, 2.05) is 6.92 Å². The molecule has 0 saturated carbocycles. The van der Waals surface area contributed by atoms with Crippen LogP contribution in [0.2, 0.25) is 0 Å². The van der Waals surface area contributed by atoms with Crippen molar-refractivity contribution in [2.45, 2.75) is 38.9 Å². The lowest BCUT2D eigenvalue weighted by atomic mass is 10.1. The van der Waals surface area contributed by atoms with Crippen LogP contribution in [0.25, 0.3) is 0 Å². The topological polar surface area (TPSA) is 29.1 Å². The highest BCUT2D eigenvalue weighted by molar-refractivity contribution is 5.76. The molecule has 2 nitrogen and oxygen atoms in total. The second kappa shape index (κ2) is 5.89. The molecular formula is C13H16F3NO. The zero-order valence-electron chi connectivity index (χ0n) is 10.3. The maximum atomic E-state index is 12.4. The van der Waals surface area contributed by atoms with Gasteiger partial charge in [-0.15, -0.1) is 0 Å². The van der Waals surface area contributed by atoms with Crippen molar-refractivity contribution in [3.05, 3.63) is 29.8 Å². The SMILES string of the molecule is CC[C@H](CC(C)=O)Nc1ccc(C(F)(F)F)cc1. The van der Waals surface area contributed by atoms with Crippen molar-refractivity contribution in [2.24, 2.45) is 0 Å². The number of anilines is 1. The van der Waals surface area contributed by atoms with Crippen LogP contribution < -0.4 is 5.32 Å². The van der Waals surface area contributed by atoms with E-state index in [0.29, 0.717) is 12.1 Å². The maximum Gasteiger partial charge on any atom is 0.416 e. The fraction of sp³-hybridized carbons (Fsp3) is 0.462.